The van der Waals surface area contributed by atoms with Crippen LogP contribution in [0.2, 0.25) is 0 Å². The summed E-state index contributed by atoms with van der Waals surface area (Å²) in [6, 6.07) is 15.6. The van der Waals surface area contributed by atoms with Gasteiger partial charge in [-0.2, -0.15) is 0 Å². The van der Waals surface area contributed by atoms with E-state index in [2.05, 4.69) is 24.4 Å². The molecule has 3 N–H and O–H groups in total. The Morgan fingerprint density at radius 1 is 1.17 bits per heavy atom. The number of H-pyrrole nitrogens is 1. The third-order valence-corrected chi connectivity index (χ3v) is 5.31. The van der Waals surface area contributed by atoms with Gasteiger partial charge in [0, 0.05) is 16.8 Å². The molecule has 0 radical (unpaired) electrons. The maximum absolute atomic E-state index is 12.7. The van der Waals surface area contributed by atoms with E-state index >= 15 is 0 Å². The summed E-state index contributed by atoms with van der Waals surface area (Å²) >= 11 is 5.69. The van der Waals surface area contributed by atoms with Gasteiger partial charge in [-0.3, -0.25) is 4.79 Å². The van der Waals surface area contributed by atoms with Crippen molar-refractivity contribution in [3.8, 4) is 5.75 Å². The zero-order chi connectivity index (χ0) is 21.7. The van der Waals surface area contributed by atoms with Gasteiger partial charge in [-0.15, -0.1) is 0 Å². The molecule has 30 heavy (non-hydrogen) atoms. The highest BCUT2D eigenvalue weighted by molar-refractivity contribution is 7.80. The number of methoxy groups -OCH3 is 1. The van der Waals surface area contributed by atoms with E-state index in [9.17, 15) is 4.79 Å². The minimum atomic E-state index is -0.0810. The highest BCUT2D eigenvalue weighted by Crippen LogP contribution is 2.17. The van der Waals surface area contributed by atoms with Crippen LogP contribution in [0.15, 0.2) is 53.3 Å². The summed E-state index contributed by atoms with van der Waals surface area (Å²) in [6.45, 7) is 4.08. The van der Waals surface area contributed by atoms with Gasteiger partial charge in [0.05, 0.1) is 40.8 Å². The van der Waals surface area contributed by atoms with Crippen molar-refractivity contribution >= 4 is 33.9 Å². The molecule has 0 spiro atoms. The highest BCUT2D eigenvalue weighted by atomic mass is 32.1. The predicted octanol–water partition coefficient (Wildman–Crippen LogP) is 2.19. The molecule has 0 amide bonds. The summed E-state index contributed by atoms with van der Waals surface area (Å²) in [5.74, 6) is 0.789. The average molecular weight is 426 g/mol. The molecule has 0 aliphatic rings. The summed E-state index contributed by atoms with van der Waals surface area (Å²) < 4.78 is 5.21. The van der Waals surface area contributed by atoms with Crippen LogP contribution in [0.4, 0.5) is 5.69 Å². The molecule has 1 heterocycles. The molecular formula is C23H29N4O2S+. The second-order valence-corrected chi connectivity index (χ2v) is 8.14. The Balaban J connectivity index is 1.83. The molecule has 0 bridgehead atoms. The van der Waals surface area contributed by atoms with E-state index in [0.717, 1.165) is 41.0 Å². The van der Waals surface area contributed by atoms with Crippen molar-refractivity contribution in [2.75, 3.05) is 39.6 Å². The number of aromatic nitrogens is 1. The summed E-state index contributed by atoms with van der Waals surface area (Å²) in [5, 5.41) is 4.89. The lowest BCUT2D eigenvalue weighted by molar-refractivity contribution is -0.857. The van der Waals surface area contributed by atoms with E-state index in [1.807, 2.05) is 60.4 Å². The van der Waals surface area contributed by atoms with Gasteiger partial charge in [-0.1, -0.05) is 12.1 Å². The molecule has 0 saturated carbocycles. The van der Waals surface area contributed by atoms with Crippen LogP contribution in [-0.2, 0) is 6.54 Å². The summed E-state index contributed by atoms with van der Waals surface area (Å²) in [7, 11) is 5.84. The molecule has 1 aromatic heterocycles. The standard InChI is InChI=1S/C23H28N4O2S/c1-16-5-6-17-14-18(22(28)25-21(17)13-16)15-27(12-11-26(2)3)23(30)24-19-7-9-20(29-4)10-8-19/h5-10,13-14H,11-12,15H2,1-4H3,(H,24,30)(H,25,28)/p+1. The number of nitrogens with one attached hydrogen (secondary N) is 3. The summed E-state index contributed by atoms with van der Waals surface area (Å²) in [5.41, 5.74) is 3.46. The molecular weight excluding hydrogens is 396 g/mol. The van der Waals surface area contributed by atoms with Crippen molar-refractivity contribution in [2.24, 2.45) is 0 Å². The number of aryl methyl sites for hydroxylation is 1. The average Bonchev–Trinajstić information content (AvgIpc) is 2.71. The minimum absolute atomic E-state index is 0.0810. The topological polar surface area (TPSA) is 61.8 Å². The Bertz CT molecular complexity index is 1080. The van der Waals surface area contributed by atoms with E-state index in [4.69, 9.17) is 17.0 Å². The van der Waals surface area contributed by atoms with Gasteiger partial charge in [0.25, 0.3) is 5.56 Å². The summed E-state index contributed by atoms with van der Waals surface area (Å²) in [4.78, 5) is 19.1. The smallest absolute Gasteiger partial charge is 0.253 e. The van der Waals surface area contributed by atoms with E-state index in [1.165, 1.54) is 4.90 Å². The first-order valence-corrected chi connectivity index (χ1v) is 10.4. The molecule has 0 aliphatic carbocycles. The third-order valence-electron chi connectivity index (χ3n) is 4.95. The number of hydrogen-bond acceptors (Lipinski definition) is 3. The lowest BCUT2D eigenvalue weighted by Crippen LogP contribution is -3.06. The zero-order valence-electron chi connectivity index (χ0n) is 17.9. The van der Waals surface area contributed by atoms with E-state index in [0.29, 0.717) is 17.2 Å². The normalized spacial score (nSPS) is 11.0. The monoisotopic (exact) mass is 425 g/mol. The number of anilines is 1. The van der Waals surface area contributed by atoms with Gasteiger partial charge >= 0.3 is 0 Å². The van der Waals surface area contributed by atoms with Crippen LogP contribution in [0.3, 0.4) is 0 Å². The minimum Gasteiger partial charge on any atom is -0.497 e. The van der Waals surface area contributed by atoms with Gasteiger partial charge in [-0.05, 0) is 66.5 Å². The number of fused-ring (bicyclic) bond motifs is 1. The van der Waals surface area contributed by atoms with Crippen LogP contribution in [0.5, 0.6) is 5.75 Å². The number of likely N-dealkylation sites (N-methyl/N-ethyl adjacent to an activating group) is 1. The fourth-order valence-corrected chi connectivity index (χ4v) is 3.44. The van der Waals surface area contributed by atoms with Crippen molar-refractivity contribution in [1.29, 1.82) is 0 Å². The number of pyridine rings is 1. The number of rotatable bonds is 7. The molecule has 0 fully saturated rings. The van der Waals surface area contributed by atoms with Gasteiger partial charge in [0.1, 0.15) is 5.75 Å². The third kappa shape index (κ3) is 5.58. The number of benzene rings is 2. The predicted molar refractivity (Wildman–Crippen MR) is 127 cm³/mol. The van der Waals surface area contributed by atoms with Gasteiger partial charge < -0.3 is 24.8 Å². The SMILES string of the molecule is COc1ccc(NC(=S)N(CC[NH+](C)C)Cc2cc3ccc(C)cc3[nH]c2=O)cc1. The van der Waals surface area contributed by atoms with Crippen molar-refractivity contribution in [3.63, 3.8) is 0 Å². The Hall–Kier alpha value is -2.90. The fraction of sp³-hybridized carbons (Fsp3) is 0.304. The molecule has 7 heteroatoms. The molecule has 2 aromatic carbocycles. The first-order chi connectivity index (χ1) is 14.4. The molecule has 0 aliphatic heterocycles. The van der Waals surface area contributed by atoms with Gasteiger partial charge in [0.15, 0.2) is 5.11 Å². The van der Waals surface area contributed by atoms with Crippen LogP contribution >= 0.6 is 12.2 Å². The van der Waals surface area contributed by atoms with Crippen LogP contribution in [0.25, 0.3) is 10.9 Å². The number of quaternary nitrogens is 1. The molecule has 158 valence electrons. The second-order valence-electron chi connectivity index (χ2n) is 7.75. The fourth-order valence-electron chi connectivity index (χ4n) is 3.17. The molecule has 0 saturated heterocycles. The first-order valence-electron chi connectivity index (χ1n) is 9.97. The van der Waals surface area contributed by atoms with Crippen molar-refractivity contribution in [3.05, 3.63) is 70.0 Å². The van der Waals surface area contributed by atoms with Gasteiger partial charge in [0.2, 0.25) is 0 Å². The molecule has 6 nitrogen and oxygen atoms in total. The van der Waals surface area contributed by atoms with Crippen LogP contribution in [-0.4, -0.2) is 49.3 Å². The lowest BCUT2D eigenvalue weighted by atomic mass is 10.1. The Kier molecular flexibility index (Phi) is 7.07. The quantitative estimate of drug-likeness (QED) is 0.507. The first kappa shape index (κ1) is 21.8. The van der Waals surface area contributed by atoms with Crippen molar-refractivity contribution < 1.29 is 9.64 Å². The number of thiocarbonyl (C=S) groups is 1. The number of aromatic amines is 1. The number of nitrogens with zero attached hydrogens (tertiary/aromatic N) is 1. The second kappa shape index (κ2) is 9.73. The highest BCUT2D eigenvalue weighted by Gasteiger charge is 2.15. The Labute approximate surface area is 182 Å². The van der Waals surface area contributed by atoms with Gasteiger partial charge in [-0.25, -0.2) is 0 Å². The maximum atomic E-state index is 12.7. The van der Waals surface area contributed by atoms with E-state index in [1.54, 1.807) is 7.11 Å². The van der Waals surface area contributed by atoms with E-state index < -0.39 is 0 Å². The molecule has 0 atom stereocenters. The van der Waals surface area contributed by atoms with Crippen molar-refractivity contribution in [2.45, 2.75) is 13.5 Å². The zero-order valence-corrected chi connectivity index (χ0v) is 18.7. The van der Waals surface area contributed by atoms with Crippen LogP contribution in [0.1, 0.15) is 11.1 Å². The summed E-state index contributed by atoms with van der Waals surface area (Å²) in [6.07, 6.45) is 0. The van der Waals surface area contributed by atoms with Crippen LogP contribution < -0.4 is 20.5 Å². The maximum Gasteiger partial charge on any atom is 0.253 e. The Morgan fingerprint density at radius 2 is 1.90 bits per heavy atom. The molecule has 3 rings (SSSR count). The van der Waals surface area contributed by atoms with Crippen molar-refractivity contribution in [1.82, 2.24) is 9.88 Å². The lowest BCUT2D eigenvalue weighted by Gasteiger charge is -2.26. The van der Waals surface area contributed by atoms with Crippen LogP contribution in [0, 0.1) is 6.92 Å². The van der Waals surface area contributed by atoms with E-state index in [-0.39, 0.29) is 5.56 Å². The molecule has 0 unspecified atom stereocenters. The number of ether oxygens (including phenoxy) is 1. The number of hydrogen-bond donors (Lipinski definition) is 3. The largest absolute Gasteiger partial charge is 0.497 e. The Morgan fingerprint density at radius 3 is 2.57 bits per heavy atom. The molecule has 3 aromatic rings.